The summed E-state index contributed by atoms with van der Waals surface area (Å²) >= 11 is -2.05. The summed E-state index contributed by atoms with van der Waals surface area (Å²) in [5.74, 6) is 0. The van der Waals surface area contributed by atoms with Crippen LogP contribution in [0.15, 0.2) is 48.5 Å². The van der Waals surface area contributed by atoms with E-state index in [9.17, 15) is 5.11 Å². The predicted octanol–water partition coefficient (Wildman–Crippen LogP) is 4.03. The molecule has 0 fully saturated rings. The second-order valence-electron chi connectivity index (χ2n) is 6.43. The van der Waals surface area contributed by atoms with E-state index in [4.69, 9.17) is 0 Å². The predicted molar refractivity (Wildman–Crippen MR) is 90.4 cm³/mol. The van der Waals surface area contributed by atoms with Gasteiger partial charge in [-0.1, -0.05) is 0 Å². The van der Waals surface area contributed by atoms with Crippen LogP contribution in [-0.2, 0) is 6.61 Å². The van der Waals surface area contributed by atoms with Crippen LogP contribution in [0.3, 0.4) is 0 Å². The summed E-state index contributed by atoms with van der Waals surface area (Å²) in [5, 5.41) is 14.6. The summed E-state index contributed by atoms with van der Waals surface area (Å²) in [6, 6.07) is 17.4. The van der Waals surface area contributed by atoms with E-state index in [1.54, 1.807) is 3.58 Å². The Balaban J connectivity index is 2.43. The zero-order chi connectivity index (χ0) is 14.3. The van der Waals surface area contributed by atoms with Crippen LogP contribution < -0.4 is 3.58 Å². The van der Waals surface area contributed by atoms with Crippen LogP contribution in [0.5, 0.6) is 0 Å². The molecule has 102 valence electrons. The second-order valence-corrected chi connectivity index (χ2v) is 20.9. The molecule has 0 unspecified atom stereocenters. The van der Waals surface area contributed by atoms with E-state index in [1.165, 1.54) is 21.5 Å². The molecule has 0 aliphatic heterocycles. The van der Waals surface area contributed by atoms with E-state index in [2.05, 4.69) is 57.3 Å². The average molecular weight is 371 g/mol. The molecule has 3 aromatic rings. The third-order valence-electron chi connectivity index (χ3n) is 3.98. The Hall–Kier alpha value is -1.06. The van der Waals surface area contributed by atoms with Crippen molar-refractivity contribution in [1.29, 1.82) is 0 Å². The fourth-order valence-corrected chi connectivity index (χ4v) is 6.09. The molecule has 0 spiro atoms. The van der Waals surface area contributed by atoms with Gasteiger partial charge in [0.05, 0.1) is 0 Å². The molecule has 0 aliphatic rings. The van der Waals surface area contributed by atoms with Gasteiger partial charge in [-0.05, 0) is 0 Å². The first-order chi connectivity index (χ1) is 9.50. The molecule has 0 aliphatic carbocycles. The molecule has 0 radical (unpaired) electrons. The van der Waals surface area contributed by atoms with Crippen molar-refractivity contribution in [2.45, 2.75) is 21.4 Å². The van der Waals surface area contributed by atoms with Crippen LogP contribution in [-0.4, -0.2) is 23.5 Å². The van der Waals surface area contributed by atoms with E-state index < -0.39 is 18.4 Å². The molecule has 0 saturated heterocycles. The number of hydrogen-bond acceptors (Lipinski definition) is 1. The number of aliphatic hydroxyl groups is 1. The molecule has 1 N–H and O–H groups in total. The molecule has 1 nitrogen and oxygen atoms in total. The summed E-state index contributed by atoms with van der Waals surface area (Å²) < 4.78 is 1.55. The monoisotopic (exact) mass is 372 g/mol. The Labute approximate surface area is 124 Å². The van der Waals surface area contributed by atoms with Crippen molar-refractivity contribution >= 4 is 43.5 Å². The molecule has 0 atom stereocenters. The number of aliphatic hydroxyl groups excluding tert-OH is 1. The van der Waals surface area contributed by atoms with Gasteiger partial charge < -0.3 is 0 Å². The van der Waals surface area contributed by atoms with Gasteiger partial charge in [0.25, 0.3) is 0 Å². The zero-order valence-electron chi connectivity index (χ0n) is 12.3. The second kappa shape index (κ2) is 5.05. The molecule has 0 aromatic heterocycles. The molecule has 3 rings (SSSR count). The molecular formula is C18H20OSn. The Morgan fingerprint density at radius 1 is 0.850 bits per heavy atom. The van der Waals surface area contributed by atoms with Crippen LogP contribution in [0.1, 0.15) is 5.56 Å². The summed E-state index contributed by atoms with van der Waals surface area (Å²) in [5.41, 5.74) is 1.01. The number of hydrogen-bond donors (Lipinski definition) is 1. The van der Waals surface area contributed by atoms with Crippen LogP contribution in [0.25, 0.3) is 21.5 Å². The van der Waals surface area contributed by atoms with Crippen LogP contribution >= 0.6 is 0 Å². The first-order valence-electron chi connectivity index (χ1n) is 7.06. The van der Waals surface area contributed by atoms with Crippen LogP contribution in [0.4, 0.5) is 0 Å². The minimum atomic E-state index is -2.05. The number of fused-ring (bicyclic) bond motifs is 3. The Morgan fingerprint density at radius 3 is 2.20 bits per heavy atom. The van der Waals surface area contributed by atoms with Crippen molar-refractivity contribution in [2.75, 3.05) is 0 Å². The van der Waals surface area contributed by atoms with Gasteiger partial charge in [-0.2, -0.15) is 0 Å². The van der Waals surface area contributed by atoms with Gasteiger partial charge in [0.1, 0.15) is 0 Å². The van der Waals surface area contributed by atoms with Gasteiger partial charge in [-0.15, -0.1) is 0 Å². The van der Waals surface area contributed by atoms with Crippen molar-refractivity contribution < 1.29 is 5.11 Å². The van der Waals surface area contributed by atoms with Gasteiger partial charge in [0.15, 0.2) is 0 Å². The Morgan fingerprint density at radius 2 is 1.55 bits per heavy atom. The summed E-state index contributed by atoms with van der Waals surface area (Å²) in [7, 11) is 0. The molecular weight excluding hydrogens is 351 g/mol. The maximum absolute atomic E-state index is 9.59. The van der Waals surface area contributed by atoms with Crippen molar-refractivity contribution in [3.63, 3.8) is 0 Å². The van der Waals surface area contributed by atoms with E-state index in [0.29, 0.717) is 0 Å². The first kappa shape index (κ1) is 13.9. The van der Waals surface area contributed by atoms with Crippen molar-refractivity contribution in [3.8, 4) is 0 Å². The molecule has 3 aromatic carbocycles. The maximum atomic E-state index is 9.59. The zero-order valence-corrected chi connectivity index (χ0v) is 15.1. The van der Waals surface area contributed by atoms with Gasteiger partial charge in [0.2, 0.25) is 0 Å². The van der Waals surface area contributed by atoms with E-state index in [0.717, 1.165) is 5.56 Å². The SMILES string of the molecule is [CH3][Sn]([CH3])([CH3])[c]1ccc2cc(CO)c3ccccc3c2c1. The third-order valence-corrected chi connectivity index (χ3v) is 9.81. The van der Waals surface area contributed by atoms with E-state index in [-0.39, 0.29) is 6.61 Å². The van der Waals surface area contributed by atoms with Gasteiger partial charge >= 0.3 is 124 Å². The van der Waals surface area contributed by atoms with Crippen LogP contribution in [0, 0.1) is 0 Å². The average Bonchev–Trinajstić information content (AvgIpc) is 2.45. The topological polar surface area (TPSA) is 20.2 Å². The van der Waals surface area contributed by atoms with E-state index >= 15 is 0 Å². The molecule has 0 heterocycles. The quantitative estimate of drug-likeness (QED) is 0.533. The Kier molecular flexibility index (Phi) is 3.51. The van der Waals surface area contributed by atoms with Gasteiger partial charge in [-0.3, -0.25) is 0 Å². The summed E-state index contributed by atoms with van der Waals surface area (Å²) in [6.07, 6.45) is 0. The fraction of sp³-hybridized carbons (Fsp3) is 0.222. The number of rotatable bonds is 2. The standard InChI is InChI=1S/C15H11O.3CH3.Sn/c16-10-12-9-11-5-1-2-6-13(11)15-8-4-3-7-14(12)15;;;;/h1,3-9,16H,10H2;3*1H3;. The van der Waals surface area contributed by atoms with E-state index in [1.807, 2.05) is 6.07 Å². The molecule has 0 bridgehead atoms. The number of benzene rings is 3. The molecule has 0 amide bonds. The van der Waals surface area contributed by atoms with Crippen molar-refractivity contribution in [3.05, 3.63) is 54.1 Å². The van der Waals surface area contributed by atoms with Gasteiger partial charge in [-0.25, -0.2) is 0 Å². The molecule has 2 heteroatoms. The first-order valence-corrected chi connectivity index (χ1v) is 17.1. The summed E-state index contributed by atoms with van der Waals surface area (Å²) in [4.78, 5) is 7.33. The van der Waals surface area contributed by atoms with Gasteiger partial charge in [0, 0.05) is 0 Å². The minimum absolute atomic E-state index is 0.0940. The normalized spacial score (nSPS) is 12.2. The molecule has 20 heavy (non-hydrogen) atoms. The van der Waals surface area contributed by atoms with Crippen molar-refractivity contribution in [1.82, 2.24) is 0 Å². The molecule has 0 saturated carbocycles. The summed E-state index contributed by atoms with van der Waals surface area (Å²) in [6.45, 7) is 0.0940. The fourth-order valence-electron chi connectivity index (χ4n) is 2.78. The van der Waals surface area contributed by atoms with Crippen LogP contribution in [0.2, 0.25) is 14.8 Å². The Bertz CT molecular complexity index is 784. The third kappa shape index (κ3) is 2.33. The van der Waals surface area contributed by atoms with Crippen molar-refractivity contribution in [2.24, 2.45) is 0 Å².